The maximum atomic E-state index is 12.4. The van der Waals surface area contributed by atoms with E-state index in [0.717, 1.165) is 0 Å². The van der Waals surface area contributed by atoms with Crippen LogP contribution in [-0.2, 0) is 20.9 Å². The Balaban J connectivity index is 2.25. The summed E-state index contributed by atoms with van der Waals surface area (Å²) in [5.41, 5.74) is 0.816. The minimum Gasteiger partial charge on any atom is -0.467 e. The highest BCUT2D eigenvalue weighted by atomic mass is 16.5. The molecule has 1 N–H and O–H groups in total. The summed E-state index contributed by atoms with van der Waals surface area (Å²) in [4.78, 5) is 40.3. The van der Waals surface area contributed by atoms with Gasteiger partial charge in [-0.1, -0.05) is 32.4 Å². The van der Waals surface area contributed by atoms with Crippen LogP contribution in [0.1, 0.15) is 20.3 Å². The first-order chi connectivity index (χ1) is 11.5. The number of hydrogen-bond donors (Lipinski definition) is 1. The Morgan fingerprint density at radius 3 is 2.71 bits per heavy atom. The van der Waals surface area contributed by atoms with Gasteiger partial charge in [0.15, 0.2) is 0 Å². The molecule has 2 aromatic rings. The highest BCUT2D eigenvalue weighted by molar-refractivity contribution is 5.85. The SMILES string of the molecule is CCC(C)C(NC(=O)Cn1c(=O)cnc2ccccc21)C(=O)OC. The van der Waals surface area contributed by atoms with Gasteiger partial charge in [0.05, 0.1) is 24.3 Å². The van der Waals surface area contributed by atoms with Gasteiger partial charge in [0.2, 0.25) is 5.91 Å². The van der Waals surface area contributed by atoms with E-state index in [2.05, 4.69) is 10.3 Å². The molecule has 7 nitrogen and oxygen atoms in total. The Labute approximate surface area is 139 Å². The lowest BCUT2D eigenvalue weighted by Gasteiger charge is -2.22. The molecule has 1 heterocycles. The largest absolute Gasteiger partial charge is 0.467 e. The van der Waals surface area contributed by atoms with E-state index in [0.29, 0.717) is 17.5 Å². The first kappa shape index (κ1) is 17.7. The Bertz CT molecular complexity index is 800. The van der Waals surface area contributed by atoms with E-state index in [4.69, 9.17) is 4.74 Å². The quantitative estimate of drug-likeness (QED) is 0.801. The molecule has 2 atom stereocenters. The molecular formula is C17H21N3O4. The standard InChI is InChI=1S/C17H21N3O4/c1-4-11(2)16(17(23)24-3)19-14(21)10-20-13-8-6-5-7-12(13)18-9-15(20)22/h5-9,11,16H,4,10H2,1-3H3,(H,19,21). The maximum absolute atomic E-state index is 12.4. The predicted octanol–water partition coefficient (Wildman–Crippen LogP) is 1.10. The molecule has 7 heteroatoms. The van der Waals surface area contributed by atoms with Crippen molar-refractivity contribution in [1.82, 2.24) is 14.9 Å². The molecule has 1 aromatic carbocycles. The molecule has 0 fully saturated rings. The number of hydrogen-bond acceptors (Lipinski definition) is 5. The lowest BCUT2D eigenvalue weighted by atomic mass is 9.99. The lowest BCUT2D eigenvalue weighted by molar-refractivity contribution is -0.146. The summed E-state index contributed by atoms with van der Waals surface area (Å²) in [6.07, 6.45) is 1.89. The summed E-state index contributed by atoms with van der Waals surface area (Å²) in [6.45, 7) is 3.59. The van der Waals surface area contributed by atoms with Crippen molar-refractivity contribution in [3.63, 3.8) is 0 Å². The van der Waals surface area contributed by atoms with Crippen molar-refractivity contribution in [2.24, 2.45) is 5.92 Å². The molecule has 0 bridgehead atoms. The topological polar surface area (TPSA) is 90.3 Å². The molecule has 0 aliphatic rings. The zero-order valence-corrected chi connectivity index (χ0v) is 14.0. The first-order valence-corrected chi connectivity index (χ1v) is 7.79. The van der Waals surface area contributed by atoms with Crippen molar-refractivity contribution in [3.05, 3.63) is 40.8 Å². The van der Waals surface area contributed by atoms with Crippen LogP contribution in [0.5, 0.6) is 0 Å². The van der Waals surface area contributed by atoms with Crippen LogP contribution in [0.25, 0.3) is 11.0 Å². The Morgan fingerprint density at radius 2 is 2.04 bits per heavy atom. The van der Waals surface area contributed by atoms with Crippen molar-refractivity contribution >= 4 is 22.9 Å². The van der Waals surface area contributed by atoms with Gasteiger partial charge in [0.1, 0.15) is 12.6 Å². The summed E-state index contributed by atoms with van der Waals surface area (Å²) < 4.78 is 6.08. The first-order valence-electron chi connectivity index (χ1n) is 7.79. The van der Waals surface area contributed by atoms with Crippen molar-refractivity contribution in [3.8, 4) is 0 Å². The summed E-state index contributed by atoms with van der Waals surface area (Å²) >= 11 is 0. The van der Waals surface area contributed by atoms with E-state index in [9.17, 15) is 14.4 Å². The average Bonchev–Trinajstić information content (AvgIpc) is 2.60. The van der Waals surface area contributed by atoms with Crippen LogP contribution in [0.15, 0.2) is 35.3 Å². The molecule has 1 aromatic heterocycles. The maximum Gasteiger partial charge on any atom is 0.328 e. The number of benzene rings is 1. The van der Waals surface area contributed by atoms with Crippen molar-refractivity contribution in [2.75, 3.05) is 7.11 Å². The summed E-state index contributed by atoms with van der Waals surface area (Å²) in [5, 5.41) is 2.67. The zero-order valence-electron chi connectivity index (χ0n) is 14.0. The Kier molecular flexibility index (Phi) is 5.68. The number of carbonyl (C=O) groups is 2. The molecule has 1 amide bonds. The van der Waals surface area contributed by atoms with Crippen molar-refractivity contribution < 1.29 is 14.3 Å². The molecule has 128 valence electrons. The normalized spacial score (nSPS) is 13.3. The van der Waals surface area contributed by atoms with Gasteiger partial charge >= 0.3 is 5.97 Å². The third-order valence-electron chi connectivity index (χ3n) is 4.04. The molecule has 2 rings (SSSR count). The van der Waals surface area contributed by atoms with E-state index in [1.807, 2.05) is 13.8 Å². The number of aromatic nitrogens is 2. The van der Waals surface area contributed by atoms with Gasteiger partial charge < -0.3 is 10.1 Å². The monoisotopic (exact) mass is 331 g/mol. The predicted molar refractivity (Wildman–Crippen MR) is 89.4 cm³/mol. The van der Waals surface area contributed by atoms with Gasteiger partial charge in [0.25, 0.3) is 5.56 Å². The molecular weight excluding hydrogens is 310 g/mol. The molecule has 0 aliphatic carbocycles. The van der Waals surface area contributed by atoms with Crippen molar-refractivity contribution in [2.45, 2.75) is 32.9 Å². The number of rotatable bonds is 6. The van der Waals surface area contributed by atoms with E-state index in [1.54, 1.807) is 24.3 Å². The zero-order chi connectivity index (χ0) is 17.7. The molecule has 2 unspecified atom stereocenters. The minimum atomic E-state index is -0.740. The van der Waals surface area contributed by atoms with Gasteiger partial charge in [0, 0.05) is 0 Å². The highest BCUT2D eigenvalue weighted by Gasteiger charge is 2.26. The van der Waals surface area contributed by atoms with Crippen LogP contribution < -0.4 is 10.9 Å². The van der Waals surface area contributed by atoms with Crippen LogP contribution >= 0.6 is 0 Å². The van der Waals surface area contributed by atoms with Crippen LogP contribution in [0.4, 0.5) is 0 Å². The fourth-order valence-corrected chi connectivity index (χ4v) is 2.44. The fourth-order valence-electron chi connectivity index (χ4n) is 2.44. The number of carbonyl (C=O) groups excluding carboxylic acids is 2. The molecule has 0 radical (unpaired) electrons. The van der Waals surface area contributed by atoms with E-state index >= 15 is 0 Å². The highest BCUT2D eigenvalue weighted by Crippen LogP contribution is 2.10. The van der Waals surface area contributed by atoms with Crippen LogP contribution in [0.2, 0.25) is 0 Å². The summed E-state index contributed by atoms with van der Waals surface area (Å²) in [5.74, 6) is -0.999. The van der Waals surface area contributed by atoms with Gasteiger partial charge in [-0.15, -0.1) is 0 Å². The van der Waals surface area contributed by atoms with Crippen LogP contribution in [-0.4, -0.2) is 34.6 Å². The number of methoxy groups -OCH3 is 1. The number of esters is 1. The average molecular weight is 331 g/mol. The lowest BCUT2D eigenvalue weighted by Crippen LogP contribution is -2.47. The molecule has 0 saturated carbocycles. The van der Waals surface area contributed by atoms with Gasteiger partial charge in [-0.2, -0.15) is 0 Å². The number of para-hydroxylation sites is 2. The Hall–Kier alpha value is -2.70. The van der Waals surface area contributed by atoms with Gasteiger partial charge in [-0.25, -0.2) is 9.78 Å². The second-order valence-electron chi connectivity index (χ2n) is 5.63. The third-order valence-corrected chi connectivity index (χ3v) is 4.04. The fraction of sp³-hybridized carbons (Fsp3) is 0.412. The molecule has 0 aliphatic heterocycles. The Morgan fingerprint density at radius 1 is 1.33 bits per heavy atom. The summed E-state index contributed by atoms with van der Waals surface area (Å²) in [7, 11) is 1.28. The van der Waals surface area contributed by atoms with Crippen molar-refractivity contribution in [1.29, 1.82) is 0 Å². The number of amides is 1. The number of fused-ring (bicyclic) bond motifs is 1. The van der Waals surface area contributed by atoms with Crippen LogP contribution in [0, 0.1) is 5.92 Å². The van der Waals surface area contributed by atoms with E-state index < -0.39 is 17.9 Å². The minimum absolute atomic E-state index is 0.0766. The van der Waals surface area contributed by atoms with Gasteiger partial charge in [-0.05, 0) is 18.1 Å². The molecule has 24 heavy (non-hydrogen) atoms. The molecule has 0 spiro atoms. The van der Waals surface area contributed by atoms with E-state index in [1.165, 1.54) is 17.9 Å². The second kappa shape index (κ2) is 7.72. The molecule has 0 saturated heterocycles. The van der Waals surface area contributed by atoms with E-state index in [-0.39, 0.29) is 18.0 Å². The number of nitrogens with zero attached hydrogens (tertiary/aromatic N) is 2. The van der Waals surface area contributed by atoms with Crippen LogP contribution in [0.3, 0.4) is 0 Å². The third kappa shape index (κ3) is 3.79. The number of nitrogens with one attached hydrogen (secondary N) is 1. The smallest absolute Gasteiger partial charge is 0.328 e. The second-order valence-corrected chi connectivity index (χ2v) is 5.63. The summed E-state index contributed by atoms with van der Waals surface area (Å²) in [6, 6.07) is 6.33. The van der Waals surface area contributed by atoms with Gasteiger partial charge in [-0.3, -0.25) is 14.2 Å². The number of ether oxygens (including phenoxy) is 1.